The normalized spacial score (nSPS) is 30.7. The highest BCUT2D eigenvalue weighted by atomic mass is 35.5. The number of halogens is 1. The second kappa shape index (κ2) is 6.47. The third-order valence-electron chi connectivity index (χ3n) is 4.79. The predicted octanol–water partition coefficient (Wildman–Crippen LogP) is 3.46. The highest BCUT2D eigenvalue weighted by Crippen LogP contribution is 2.44. The number of nitrogens with two attached hydrogens (primary N) is 1. The molecule has 3 rings (SSSR count). The number of thioether (sulfide) groups is 1. The van der Waals surface area contributed by atoms with E-state index in [1.807, 2.05) is 24.8 Å². The van der Waals surface area contributed by atoms with Crippen LogP contribution in [-0.4, -0.2) is 23.7 Å². The van der Waals surface area contributed by atoms with Crippen molar-refractivity contribution in [2.24, 2.45) is 11.8 Å². The van der Waals surface area contributed by atoms with Crippen molar-refractivity contribution in [3.8, 4) is 0 Å². The Morgan fingerprint density at radius 2 is 2.38 bits per heavy atom. The fourth-order valence-electron chi connectivity index (χ4n) is 3.58. The zero-order valence-corrected chi connectivity index (χ0v) is 14.0. The van der Waals surface area contributed by atoms with E-state index in [1.54, 1.807) is 0 Å². The Kier molecular flexibility index (Phi) is 4.81. The van der Waals surface area contributed by atoms with E-state index in [1.165, 1.54) is 17.7 Å². The first-order valence-electron chi connectivity index (χ1n) is 7.57. The predicted molar refractivity (Wildman–Crippen MR) is 89.6 cm³/mol. The fraction of sp³-hybridized carbons (Fsp3) is 0.625. The lowest BCUT2D eigenvalue weighted by Gasteiger charge is -2.41. The summed E-state index contributed by atoms with van der Waals surface area (Å²) in [5, 5.41) is 0.810. The van der Waals surface area contributed by atoms with Gasteiger partial charge in [0.15, 0.2) is 0 Å². The van der Waals surface area contributed by atoms with Gasteiger partial charge in [-0.3, -0.25) is 11.3 Å². The zero-order chi connectivity index (χ0) is 14.9. The molecule has 2 aliphatic heterocycles. The monoisotopic (exact) mass is 326 g/mol. The number of hydrazine groups is 1. The zero-order valence-electron chi connectivity index (χ0n) is 12.4. The minimum absolute atomic E-state index is 0.0875. The summed E-state index contributed by atoms with van der Waals surface area (Å²) in [5.74, 6) is 8.74. The average molecular weight is 327 g/mol. The van der Waals surface area contributed by atoms with E-state index >= 15 is 0 Å². The maximum Gasteiger partial charge on any atom is 0.0783 e. The van der Waals surface area contributed by atoms with E-state index < -0.39 is 0 Å². The van der Waals surface area contributed by atoms with Crippen LogP contribution >= 0.6 is 23.4 Å². The van der Waals surface area contributed by atoms with Gasteiger partial charge in [-0.15, -0.1) is 0 Å². The number of aryl methyl sites for hydroxylation is 1. The molecule has 0 radical (unpaired) electrons. The number of hydrogen-bond donors (Lipinski definition) is 2. The Morgan fingerprint density at radius 3 is 3.05 bits per heavy atom. The van der Waals surface area contributed by atoms with Gasteiger partial charge in [0.2, 0.25) is 0 Å². The van der Waals surface area contributed by atoms with E-state index in [9.17, 15) is 0 Å². The van der Waals surface area contributed by atoms with Crippen LogP contribution in [-0.2, 0) is 4.74 Å². The molecule has 2 saturated heterocycles. The van der Waals surface area contributed by atoms with Gasteiger partial charge in [-0.25, -0.2) is 0 Å². The van der Waals surface area contributed by atoms with Crippen LogP contribution < -0.4 is 11.3 Å². The van der Waals surface area contributed by atoms with Gasteiger partial charge in [-0.05, 0) is 55.1 Å². The molecule has 3 atom stereocenters. The summed E-state index contributed by atoms with van der Waals surface area (Å²) < 4.78 is 6.12. The first-order valence-corrected chi connectivity index (χ1v) is 9.11. The van der Waals surface area contributed by atoms with Crippen LogP contribution in [0.1, 0.15) is 36.4 Å². The second-order valence-electron chi connectivity index (χ2n) is 6.24. The van der Waals surface area contributed by atoms with E-state index in [0.717, 1.165) is 35.8 Å². The van der Waals surface area contributed by atoms with Gasteiger partial charge < -0.3 is 4.74 Å². The first-order chi connectivity index (χ1) is 10.1. The van der Waals surface area contributed by atoms with Gasteiger partial charge in [0.1, 0.15) is 0 Å². The van der Waals surface area contributed by atoms with Crippen molar-refractivity contribution in [2.75, 3.05) is 18.1 Å². The standard InChI is InChI=1S/C16H23ClN2OS/c1-11-8-12(2-3-14(11)17)15(19-18)13-4-6-20-16(9-13)5-7-21-10-16/h2-3,8,13,15,19H,4-7,9-10,18H2,1H3. The molecule has 116 valence electrons. The summed E-state index contributed by atoms with van der Waals surface area (Å²) in [6.07, 6.45) is 3.32. The highest BCUT2D eigenvalue weighted by molar-refractivity contribution is 7.99. The number of nitrogens with one attached hydrogen (secondary N) is 1. The second-order valence-corrected chi connectivity index (χ2v) is 7.75. The topological polar surface area (TPSA) is 47.3 Å². The van der Waals surface area contributed by atoms with Crippen molar-refractivity contribution in [1.29, 1.82) is 0 Å². The Bertz CT molecular complexity index is 505. The number of rotatable bonds is 3. The molecule has 0 saturated carbocycles. The van der Waals surface area contributed by atoms with Crippen LogP contribution in [0.3, 0.4) is 0 Å². The van der Waals surface area contributed by atoms with Crippen LogP contribution in [0.2, 0.25) is 5.02 Å². The molecule has 1 spiro atoms. The summed E-state index contributed by atoms with van der Waals surface area (Å²) in [5.41, 5.74) is 5.46. The van der Waals surface area contributed by atoms with Crippen LogP contribution in [0.5, 0.6) is 0 Å². The molecule has 0 amide bonds. The SMILES string of the molecule is Cc1cc(C(NN)C2CCOC3(CCSC3)C2)ccc1Cl. The summed E-state index contributed by atoms with van der Waals surface area (Å²) in [7, 11) is 0. The van der Waals surface area contributed by atoms with E-state index in [2.05, 4.69) is 17.6 Å². The number of benzene rings is 1. The largest absolute Gasteiger partial charge is 0.374 e. The Morgan fingerprint density at radius 1 is 1.52 bits per heavy atom. The summed E-state index contributed by atoms with van der Waals surface area (Å²) in [6, 6.07) is 6.38. The molecule has 2 aliphatic rings. The van der Waals surface area contributed by atoms with Gasteiger partial charge in [-0.2, -0.15) is 11.8 Å². The molecule has 3 N–H and O–H groups in total. The third-order valence-corrected chi connectivity index (χ3v) is 6.44. The molecule has 3 nitrogen and oxygen atoms in total. The van der Waals surface area contributed by atoms with Crippen molar-refractivity contribution in [2.45, 2.75) is 37.8 Å². The molecule has 1 aromatic rings. The Hall–Kier alpha value is -0.260. The summed E-state index contributed by atoms with van der Waals surface area (Å²) in [4.78, 5) is 0. The average Bonchev–Trinajstić information content (AvgIpc) is 2.91. The summed E-state index contributed by atoms with van der Waals surface area (Å²) in [6.45, 7) is 2.88. The van der Waals surface area contributed by atoms with Gasteiger partial charge >= 0.3 is 0 Å². The van der Waals surface area contributed by atoms with Crippen molar-refractivity contribution >= 4 is 23.4 Å². The third kappa shape index (κ3) is 3.25. The molecule has 1 aromatic carbocycles. The van der Waals surface area contributed by atoms with Crippen molar-refractivity contribution in [3.63, 3.8) is 0 Å². The molecule has 2 fully saturated rings. The van der Waals surface area contributed by atoms with E-state index in [4.69, 9.17) is 22.2 Å². The van der Waals surface area contributed by atoms with Crippen LogP contribution in [0, 0.1) is 12.8 Å². The highest BCUT2D eigenvalue weighted by Gasteiger charge is 2.42. The molecule has 21 heavy (non-hydrogen) atoms. The maximum atomic E-state index is 6.14. The molecule has 2 heterocycles. The van der Waals surface area contributed by atoms with Crippen molar-refractivity contribution in [1.82, 2.24) is 5.43 Å². The first kappa shape index (κ1) is 15.6. The fourth-order valence-corrected chi connectivity index (χ4v) is 5.08. The van der Waals surface area contributed by atoms with Gasteiger partial charge in [0.25, 0.3) is 0 Å². The van der Waals surface area contributed by atoms with Gasteiger partial charge in [0.05, 0.1) is 5.60 Å². The van der Waals surface area contributed by atoms with Crippen molar-refractivity contribution in [3.05, 3.63) is 34.3 Å². The smallest absolute Gasteiger partial charge is 0.0783 e. The molecular weight excluding hydrogens is 304 g/mol. The van der Waals surface area contributed by atoms with E-state index in [-0.39, 0.29) is 11.6 Å². The number of ether oxygens (including phenoxy) is 1. The lowest BCUT2D eigenvalue weighted by atomic mass is 9.79. The molecule has 0 aromatic heterocycles. The molecule has 0 aliphatic carbocycles. The lowest BCUT2D eigenvalue weighted by Crippen LogP contribution is -2.45. The van der Waals surface area contributed by atoms with Crippen LogP contribution in [0.15, 0.2) is 18.2 Å². The molecule has 3 unspecified atom stereocenters. The molecule has 5 heteroatoms. The lowest BCUT2D eigenvalue weighted by molar-refractivity contribution is -0.0854. The van der Waals surface area contributed by atoms with E-state index in [0.29, 0.717) is 5.92 Å². The Balaban J connectivity index is 1.80. The summed E-state index contributed by atoms with van der Waals surface area (Å²) >= 11 is 8.15. The van der Waals surface area contributed by atoms with Crippen LogP contribution in [0.4, 0.5) is 0 Å². The molecular formula is C16H23ClN2OS. The van der Waals surface area contributed by atoms with Crippen LogP contribution in [0.25, 0.3) is 0 Å². The van der Waals surface area contributed by atoms with Gasteiger partial charge in [0, 0.05) is 23.4 Å². The maximum absolute atomic E-state index is 6.14. The minimum atomic E-state index is 0.0875. The minimum Gasteiger partial charge on any atom is -0.374 e. The Labute approximate surface area is 135 Å². The quantitative estimate of drug-likeness (QED) is 0.659. The number of hydrogen-bond acceptors (Lipinski definition) is 4. The molecule has 0 bridgehead atoms. The van der Waals surface area contributed by atoms with Crippen molar-refractivity contribution < 1.29 is 4.74 Å². The van der Waals surface area contributed by atoms with Gasteiger partial charge in [-0.1, -0.05) is 23.7 Å².